The SMILES string of the molecule is CC=CCCC(=O)Cc1ccc2c(c1C)C(=O)CC(CC(CCC)C(CC)C(=O)CC(C)=O)C2. The molecular formula is C30H42O4. The molecule has 1 aliphatic carbocycles. The molecule has 3 unspecified atom stereocenters. The molecule has 0 radical (unpaired) electrons. The Kier molecular flexibility index (Phi) is 11.1. The fraction of sp³-hybridized carbons (Fsp3) is 0.600. The molecule has 1 aliphatic rings. The third-order valence-corrected chi connectivity index (χ3v) is 7.28. The lowest BCUT2D eigenvalue weighted by Crippen LogP contribution is -2.30. The van der Waals surface area contributed by atoms with Crippen LogP contribution < -0.4 is 0 Å². The minimum atomic E-state index is -0.113. The monoisotopic (exact) mass is 466 g/mol. The predicted molar refractivity (Wildman–Crippen MR) is 137 cm³/mol. The topological polar surface area (TPSA) is 68.3 Å². The molecule has 1 aromatic rings. The highest BCUT2D eigenvalue weighted by atomic mass is 16.1. The van der Waals surface area contributed by atoms with E-state index in [9.17, 15) is 19.2 Å². The molecule has 0 amide bonds. The van der Waals surface area contributed by atoms with Crippen LogP contribution >= 0.6 is 0 Å². The molecule has 0 saturated carbocycles. The van der Waals surface area contributed by atoms with Gasteiger partial charge in [0.05, 0.1) is 6.42 Å². The highest BCUT2D eigenvalue weighted by molar-refractivity contribution is 6.01. The van der Waals surface area contributed by atoms with Crippen LogP contribution in [0.2, 0.25) is 0 Å². The van der Waals surface area contributed by atoms with Crippen molar-refractivity contribution in [3.63, 3.8) is 0 Å². The largest absolute Gasteiger partial charge is 0.300 e. The van der Waals surface area contributed by atoms with Crippen molar-refractivity contribution in [1.82, 2.24) is 0 Å². The van der Waals surface area contributed by atoms with Gasteiger partial charge in [-0.15, -0.1) is 0 Å². The zero-order valence-corrected chi connectivity index (χ0v) is 21.7. The van der Waals surface area contributed by atoms with E-state index in [2.05, 4.69) is 6.92 Å². The predicted octanol–water partition coefficient (Wildman–Crippen LogP) is 6.59. The molecule has 4 nitrogen and oxygen atoms in total. The third-order valence-electron chi connectivity index (χ3n) is 7.28. The van der Waals surface area contributed by atoms with E-state index in [4.69, 9.17) is 0 Å². The van der Waals surface area contributed by atoms with Gasteiger partial charge in [0.1, 0.15) is 17.3 Å². The molecule has 4 heteroatoms. The molecule has 186 valence electrons. The second kappa shape index (κ2) is 13.5. The first-order chi connectivity index (χ1) is 16.2. The number of hydrogen-bond acceptors (Lipinski definition) is 4. The minimum absolute atomic E-state index is 0.0145. The molecule has 0 fully saturated rings. The minimum Gasteiger partial charge on any atom is -0.300 e. The lowest BCUT2D eigenvalue weighted by atomic mass is 9.72. The van der Waals surface area contributed by atoms with Crippen LogP contribution in [0.4, 0.5) is 0 Å². The molecule has 3 atom stereocenters. The van der Waals surface area contributed by atoms with Gasteiger partial charge in [0.25, 0.3) is 0 Å². The second-order valence-corrected chi connectivity index (χ2v) is 10.0. The van der Waals surface area contributed by atoms with E-state index in [1.54, 1.807) is 0 Å². The van der Waals surface area contributed by atoms with E-state index in [1.165, 1.54) is 6.92 Å². The molecule has 0 N–H and O–H groups in total. The lowest BCUT2D eigenvalue weighted by Gasteiger charge is -2.32. The van der Waals surface area contributed by atoms with Gasteiger partial charge >= 0.3 is 0 Å². The Morgan fingerprint density at radius 3 is 2.50 bits per heavy atom. The van der Waals surface area contributed by atoms with E-state index in [-0.39, 0.29) is 47.3 Å². The summed E-state index contributed by atoms with van der Waals surface area (Å²) in [6.07, 6.45) is 10.4. The van der Waals surface area contributed by atoms with E-state index in [1.807, 2.05) is 45.1 Å². The zero-order valence-electron chi connectivity index (χ0n) is 21.7. The normalized spacial score (nSPS) is 17.4. The molecule has 0 heterocycles. The second-order valence-electron chi connectivity index (χ2n) is 10.0. The van der Waals surface area contributed by atoms with E-state index in [0.29, 0.717) is 19.3 Å². The average Bonchev–Trinajstić information content (AvgIpc) is 2.76. The van der Waals surface area contributed by atoms with Crippen molar-refractivity contribution in [2.45, 2.75) is 98.8 Å². The number of benzene rings is 1. The highest BCUT2D eigenvalue weighted by Crippen LogP contribution is 2.37. The summed E-state index contributed by atoms with van der Waals surface area (Å²) in [4.78, 5) is 49.9. The van der Waals surface area contributed by atoms with Crippen LogP contribution in [0.25, 0.3) is 0 Å². The summed E-state index contributed by atoms with van der Waals surface area (Å²) in [6.45, 7) is 9.55. The fourth-order valence-electron chi connectivity index (χ4n) is 5.67. The van der Waals surface area contributed by atoms with Crippen LogP contribution in [0.3, 0.4) is 0 Å². The zero-order chi connectivity index (χ0) is 25.3. The molecule has 0 bridgehead atoms. The molecule has 2 rings (SSSR count). The maximum Gasteiger partial charge on any atom is 0.163 e. The Balaban J connectivity index is 2.16. The fourth-order valence-corrected chi connectivity index (χ4v) is 5.67. The van der Waals surface area contributed by atoms with Gasteiger partial charge in [-0.25, -0.2) is 0 Å². The standard InChI is InChI=1S/C30H42O4/c1-6-9-10-12-26(32)19-23-13-14-25-17-22(18-29(34)30(25)21(23)5)16-24(11-7-2)27(8-3)28(33)15-20(4)31/h6,9,13-14,22,24,27H,7-8,10-12,15-19H2,1-5H3. The van der Waals surface area contributed by atoms with Crippen molar-refractivity contribution in [3.8, 4) is 0 Å². The molecule has 0 aliphatic heterocycles. The molecule has 0 spiro atoms. The van der Waals surface area contributed by atoms with Crippen LogP contribution in [0.5, 0.6) is 0 Å². The number of hydrogen-bond donors (Lipinski definition) is 0. The van der Waals surface area contributed by atoms with Crippen molar-refractivity contribution in [2.24, 2.45) is 17.8 Å². The van der Waals surface area contributed by atoms with Crippen LogP contribution in [0, 0.1) is 24.7 Å². The summed E-state index contributed by atoms with van der Waals surface area (Å²) in [5.41, 5.74) is 3.79. The van der Waals surface area contributed by atoms with Gasteiger partial charge in [0, 0.05) is 30.7 Å². The molecular weight excluding hydrogens is 424 g/mol. The summed E-state index contributed by atoms with van der Waals surface area (Å²) < 4.78 is 0. The van der Waals surface area contributed by atoms with E-state index < -0.39 is 0 Å². The number of Topliss-reactive ketones (excluding diaryl/α,β-unsaturated/α-hetero) is 4. The van der Waals surface area contributed by atoms with Crippen LogP contribution in [0.1, 0.15) is 106 Å². The number of rotatable bonds is 14. The Morgan fingerprint density at radius 1 is 1.15 bits per heavy atom. The average molecular weight is 467 g/mol. The Bertz CT molecular complexity index is 924. The lowest BCUT2D eigenvalue weighted by molar-refractivity contribution is -0.130. The Hall–Kier alpha value is -2.36. The molecule has 0 saturated heterocycles. The first-order valence-corrected chi connectivity index (χ1v) is 13.0. The first kappa shape index (κ1) is 27.9. The van der Waals surface area contributed by atoms with Gasteiger partial charge in [0.2, 0.25) is 0 Å². The smallest absolute Gasteiger partial charge is 0.163 e. The number of allylic oxidation sites excluding steroid dienone is 2. The third kappa shape index (κ3) is 7.58. The highest BCUT2D eigenvalue weighted by Gasteiger charge is 2.33. The number of carbonyl (C=O) groups excluding carboxylic acids is 4. The van der Waals surface area contributed by atoms with Crippen LogP contribution in [-0.4, -0.2) is 23.1 Å². The Labute approximate surface area is 205 Å². The Morgan fingerprint density at radius 2 is 1.88 bits per heavy atom. The van der Waals surface area contributed by atoms with Gasteiger partial charge in [-0.1, -0.05) is 51.0 Å². The quantitative estimate of drug-likeness (QED) is 0.229. The molecule has 34 heavy (non-hydrogen) atoms. The summed E-state index contributed by atoms with van der Waals surface area (Å²) in [5.74, 6) is 0.635. The van der Waals surface area contributed by atoms with Crippen molar-refractivity contribution >= 4 is 23.1 Å². The summed E-state index contributed by atoms with van der Waals surface area (Å²) in [5, 5.41) is 0. The van der Waals surface area contributed by atoms with Gasteiger partial charge in [-0.3, -0.25) is 19.2 Å². The summed E-state index contributed by atoms with van der Waals surface area (Å²) >= 11 is 0. The van der Waals surface area contributed by atoms with Gasteiger partial charge in [-0.05, 0) is 75.0 Å². The number of fused-ring (bicyclic) bond motifs is 1. The maximum atomic E-state index is 13.2. The summed E-state index contributed by atoms with van der Waals surface area (Å²) in [7, 11) is 0. The van der Waals surface area contributed by atoms with Crippen molar-refractivity contribution in [2.75, 3.05) is 0 Å². The van der Waals surface area contributed by atoms with Crippen LogP contribution in [0.15, 0.2) is 24.3 Å². The number of ketones is 4. The van der Waals surface area contributed by atoms with Crippen molar-refractivity contribution in [3.05, 3.63) is 46.5 Å². The van der Waals surface area contributed by atoms with Gasteiger partial charge < -0.3 is 0 Å². The maximum absolute atomic E-state index is 13.2. The number of carbonyl (C=O) groups is 4. The molecule has 1 aromatic carbocycles. The molecule has 0 aromatic heterocycles. The van der Waals surface area contributed by atoms with Gasteiger partial charge in [0.15, 0.2) is 5.78 Å². The van der Waals surface area contributed by atoms with Crippen LogP contribution in [-0.2, 0) is 27.2 Å². The van der Waals surface area contributed by atoms with Crippen molar-refractivity contribution in [1.29, 1.82) is 0 Å². The summed E-state index contributed by atoms with van der Waals surface area (Å²) in [6, 6.07) is 4.06. The van der Waals surface area contributed by atoms with Crippen molar-refractivity contribution < 1.29 is 19.2 Å². The van der Waals surface area contributed by atoms with E-state index >= 15 is 0 Å². The van der Waals surface area contributed by atoms with Gasteiger partial charge in [-0.2, -0.15) is 0 Å². The van der Waals surface area contributed by atoms with E-state index in [0.717, 1.165) is 60.8 Å². The first-order valence-electron chi connectivity index (χ1n) is 13.0.